The molecule has 1 aromatic carbocycles. The maximum absolute atomic E-state index is 10.4. The molecule has 12 heavy (non-hydrogen) atoms. The highest BCUT2D eigenvalue weighted by Crippen LogP contribution is 2.55. The van der Waals surface area contributed by atoms with Crippen LogP contribution in [0.3, 0.4) is 0 Å². The Morgan fingerprint density at radius 3 is 2.83 bits per heavy atom. The molecule has 2 rings (SSSR count). The average Bonchev–Trinajstić information content (AvgIpc) is 2.62. The van der Waals surface area contributed by atoms with Crippen molar-refractivity contribution in [1.82, 2.24) is 0 Å². The van der Waals surface area contributed by atoms with Crippen LogP contribution in [-0.2, 0) is 4.57 Å². The fourth-order valence-electron chi connectivity index (χ4n) is 0.864. The van der Waals surface area contributed by atoms with E-state index < -0.39 is 7.82 Å². The number of phosphoric acid groups is 1. The minimum Gasteiger partial charge on any atom is -0.445 e. The van der Waals surface area contributed by atoms with Gasteiger partial charge in [0.1, 0.15) is 0 Å². The lowest BCUT2D eigenvalue weighted by Gasteiger charge is -2.03. The Hall–Kier alpha value is -1.03. The first-order valence-electron chi connectivity index (χ1n) is 3.12. The summed E-state index contributed by atoms with van der Waals surface area (Å²) in [7, 11) is -4.46. The molecule has 1 aliphatic heterocycles. The fraction of sp³-hybridized carbons (Fsp3) is 0. The van der Waals surface area contributed by atoms with Crippen molar-refractivity contribution in [3.63, 3.8) is 0 Å². The van der Waals surface area contributed by atoms with Gasteiger partial charge in [0.25, 0.3) is 0 Å². The van der Waals surface area contributed by atoms with Gasteiger partial charge in [-0.15, -0.1) is 0 Å². The van der Waals surface area contributed by atoms with Gasteiger partial charge in [0.2, 0.25) is 5.75 Å². The first kappa shape index (κ1) is 7.61. The van der Waals surface area contributed by atoms with Gasteiger partial charge in [-0.25, -0.2) is 4.57 Å². The lowest BCUT2D eigenvalue weighted by Crippen LogP contribution is -1.87. The van der Waals surface area contributed by atoms with Crippen LogP contribution in [0.1, 0.15) is 0 Å². The number of ether oxygens (including phenoxy) is 1. The lowest BCUT2D eigenvalue weighted by atomic mass is 10.3. The first-order chi connectivity index (χ1) is 5.56. The van der Waals surface area contributed by atoms with E-state index in [1.54, 1.807) is 12.1 Å². The predicted molar refractivity (Wildman–Crippen MR) is 39.2 cm³/mol. The Morgan fingerprint density at radius 2 is 2.17 bits per heavy atom. The zero-order valence-electron chi connectivity index (χ0n) is 5.80. The molecule has 0 amide bonds. The molecule has 1 aromatic rings. The van der Waals surface area contributed by atoms with E-state index in [9.17, 15) is 4.57 Å². The number of hydrogen-bond acceptors (Lipinski definition) is 3. The van der Waals surface area contributed by atoms with Crippen LogP contribution < -0.4 is 9.26 Å². The van der Waals surface area contributed by atoms with Gasteiger partial charge in [-0.05, 0) is 12.1 Å². The number of para-hydroxylation sites is 1. The number of fused-ring (bicyclic) bond motifs is 1. The van der Waals surface area contributed by atoms with Gasteiger partial charge >= 0.3 is 7.82 Å². The van der Waals surface area contributed by atoms with Crippen molar-refractivity contribution < 1.29 is 23.6 Å². The van der Waals surface area contributed by atoms with Crippen molar-refractivity contribution in [2.45, 2.75) is 0 Å². The molecule has 0 unspecified atom stereocenters. The maximum Gasteiger partial charge on any atom is 0.524 e. The third-order valence-corrected chi connectivity index (χ3v) is 1.76. The number of hydrogen-bond donors (Lipinski definition) is 2. The van der Waals surface area contributed by atoms with E-state index in [-0.39, 0.29) is 5.75 Å². The van der Waals surface area contributed by atoms with Crippen molar-refractivity contribution in [2.24, 2.45) is 0 Å². The summed E-state index contributed by atoms with van der Waals surface area (Å²) >= 11 is 0. The number of phosphoric ester groups is 1. The third kappa shape index (κ3) is 1.43. The standard InChI is InChI=1S/C6H5O5P/c7-12(8,9)11-5-3-1-2-4-6(5)10-4/h1-3H,(H2,7,8,9). The smallest absolute Gasteiger partial charge is 0.445 e. The van der Waals surface area contributed by atoms with E-state index >= 15 is 0 Å². The summed E-state index contributed by atoms with van der Waals surface area (Å²) in [6.45, 7) is 0. The molecule has 0 atom stereocenters. The highest BCUT2D eigenvalue weighted by atomic mass is 31.2. The molecule has 1 heterocycles. The molecule has 0 saturated carbocycles. The molecule has 0 radical (unpaired) electrons. The van der Waals surface area contributed by atoms with E-state index in [2.05, 4.69) is 4.52 Å². The summed E-state index contributed by atoms with van der Waals surface area (Å²) in [5.41, 5.74) is 0. The van der Waals surface area contributed by atoms with Crippen LogP contribution in [0.5, 0.6) is 17.2 Å². The van der Waals surface area contributed by atoms with E-state index in [0.717, 1.165) is 0 Å². The van der Waals surface area contributed by atoms with Crippen molar-refractivity contribution in [3.8, 4) is 17.2 Å². The highest BCUT2D eigenvalue weighted by Gasteiger charge is 2.29. The summed E-state index contributed by atoms with van der Waals surface area (Å²) < 4.78 is 19.6. The lowest BCUT2D eigenvalue weighted by molar-refractivity contribution is 0.282. The van der Waals surface area contributed by atoms with Gasteiger partial charge in [0.15, 0.2) is 11.5 Å². The van der Waals surface area contributed by atoms with Crippen molar-refractivity contribution in [3.05, 3.63) is 18.2 Å². The highest BCUT2D eigenvalue weighted by molar-refractivity contribution is 7.46. The van der Waals surface area contributed by atoms with Gasteiger partial charge < -0.3 is 9.26 Å². The SMILES string of the molecule is O=P(O)(O)Oc1cccc2c1O2. The molecule has 0 bridgehead atoms. The largest absolute Gasteiger partial charge is 0.524 e. The van der Waals surface area contributed by atoms with Crippen LogP contribution >= 0.6 is 7.82 Å². The van der Waals surface area contributed by atoms with E-state index in [1.165, 1.54) is 6.07 Å². The van der Waals surface area contributed by atoms with Crippen molar-refractivity contribution >= 4 is 7.82 Å². The third-order valence-electron chi connectivity index (χ3n) is 1.33. The Labute approximate surface area is 67.8 Å². The molecule has 0 spiro atoms. The Kier molecular flexibility index (Phi) is 1.41. The zero-order chi connectivity index (χ0) is 8.77. The Balaban J connectivity index is 2.27. The molecule has 5 nitrogen and oxygen atoms in total. The minimum absolute atomic E-state index is 0.0841. The topological polar surface area (TPSA) is 79.3 Å². The van der Waals surface area contributed by atoms with E-state index in [0.29, 0.717) is 11.5 Å². The van der Waals surface area contributed by atoms with E-state index in [1.807, 2.05) is 0 Å². The van der Waals surface area contributed by atoms with Crippen LogP contribution in [0.2, 0.25) is 0 Å². The van der Waals surface area contributed by atoms with Crippen molar-refractivity contribution in [1.29, 1.82) is 0 Å². The van der Waals surface area contributed by atoms with Gasteiger partial charge in [0.05, 0.1) is 0 Å². The monoisotopic (exact) mass is 188 g/mol. The molecular formula is C6H5O5P. The Bertz CT molecular complexity index is 368. The number of benzene rings is 1. The second kappa shape index (κ2) is 2.23. The summed E-state index contributed by atoms with van der Waals surface area (Å²) in [6, 6.07) is 4.71. The summed E-state index contributed by atoms with van der Waals surface area (Å²) in [5.74, 6) is 1.09. The molecule has 0 aliphatic carbocycles. The van der Waals surface area contributed by atoms with Crippen LogP contribution in [0.15, 0.2) is 18.2 Å². The molecule has 64 valence electrons. The van der Waals surface area contributed by atoms with Crippen LogP contribution in [0.25, 0.3) is 0 Å². The molecule has 0 saturated heterocycles. The molecule has 0 fully saturated rings. The molecule has 0 aromatic heterocycles. The summed E-state index contributed by atoms with van der Waals surface area (Å²) in [4.78, 5) is 16.9. The van der Waals surface area contributed by atoms with Crippen LogP contribution in [-0.4, -0.2) is 9.79 Å². The number of rotatable bonds is 2. The van der Waals surface area contributed by atoms with Crippen LogP contribution in [0, 0.1) is 0 Å². The second-order valence-corrected chi connectivity index (χ2v) is 3.43. The fourth-order valence-corrected chi connectivity index (χ4v) is 1.26. The normalized spacial score (nSPS) is 13.2. The van der Waals surface area contributed by atoms with Gasteiger partial charge in [-0.3, -0.25) is 9.79 Å². The summed E-state index contributed by atoms with van der Waals surface area (Å²) in [6.07, 6.45) is 0. The van der Waals surface area contributed by atoms with E-state index in [4.69, 9.17) is 14.5 Å². The predicted octanol–water partition coefficient (Wildman–Crippen LogP) is 1.26. The second-order valence-electron chi connectivity index (χ2n) is 2.27. The van der Waals surface area contributed by atoms with Crippen LogP contribution in [0.4, 0.5) is 0 Å². The zero-order valence-corrected chi connectivity index (χ0v) is 6.69. The van der Waals surface area contributed by atoms with Gasteiger partial charge in [0, 0.05) is 0 Å². The first-order valence-corrected chi connectivity index (χ1v) is 4.65. The Morgan fingerprint density at radius 1 is 1.42 bits per heavy atom. The quantitative estimate of drug-likeness (QED) is 0.547. The molecular weight excluding hydrogens is 183 g/mol. The van der Waals surface area contributed by atoms with Gasteiger partial charge in [-0.2, -0.15) is 0 Å². The molecule has 6 heteroatoms. The molecule has 2 N–H and O–H groups in total. The molecule has 1 aliphatic rings. The van der Waals surface area contributed by atoms with Gasteiger partial charge in [-0.1, -0.05) is 6.07 Å². The maximum atomic E-state index is 10.4. The minimum atomic E-state index is -4.46. The van der Waals surface area contributed by atoms with Crippen molar-refractivity contribution in [2.75, 3.05) is 0 Å². The summed E-state index contributed by atoms with van der Waals surface area (Å²) in [5, 5.41) is 0. The average molecular weight is 188 g/mol.